The molecule has 1 atom stereocenters. The maximum Gasteiger partial charge on any atom is 0.315 e. The van der Waals surface area contributed by atoms with Crippen molar-refractivity contribution in [1.29, 1.82) is 0 Å². The molecular weight excluding hydrogens is 164 g/mol. The fourth-order valence-electron chi connectivity index (χ4n) is 2.69. The van der Waals surface area contributed by atoms with Crippen LogP contribution in [0.2, 0.25) is 0 Å². The fourth-order valence-corrected chi connectivity index (χ4v) is 2.69. The lowest BCUT2D eigenvalue weighted by Gasteiger charge is -2.45. The van der Waals surface area contributed by atoms with Gasteiger partial charge >= 0.3 is 6.03 Å². The number of rotatable bonds is 1. The Hall–Kier alpha value is -0.730. The number of hydrogen-bond donors (Lipinski definition) is 1. The lowest BCUT2D eigenvalue weighted by Crippen LogP contribution is -2.56. The Morgan fingerprint density at radius 1 is 1.15 bits per heavy atom. The van der Waals surface area contributed by atoms with Crippen LogP contribution in [0.25, 0.3) is 0 Å². The molecule has 2 amide bonds. The molecule has 2 fully saturated rings. The van der Waals surface area contributed by atoms with Crippen LogP contribution in [0.15, 0.2) is 0 Å². The number of carbonyl (C=O) groups excluding carboxylic acids is 1. The normalized spacial score (nSPS) is 29.8. The zero-order valence-electron chi connectivity index (χ0n) is 8.04. The largest absolute Gasteiger partial charge is 0.351 e. The van der Waals surface area contributed by atoms with Crippen LogP contribution < -0.4 is 5.73 Å². The number of amides is 2. The van der Waals surface area contributed by atoms with Crippen molar-refractivity contribution in [3.05, 3.63) is 0 Å². The van der Waals surface area contributed by atoms with Gasteiger partial charge in [-0.15, -0.1) is 0 Å². The summed E-state index contributed by atoms with van der Waals surface area (Å²) in [5, 5.41) is 0. The Labute approximate surface area is 79.3 Å². The molecule has 3 nitrogen and oxygen atoms in total. The van der Waals surface area contributed by atoms with Crippen molar-refractivity contribution in [2.45, 2.75) is 44.6 Å². The SMILES string of the molecule is NC(=O)N1CCC1C1CCCCC1. The van der Waals surface area contributed by atoms with Gasteiger partial charge in [0.1, 0.15) is 0 Å². The molecule has 0 aromatic rings. The topological polar surface area (TPSA) is 46.3 Å². The number of nitrogens with zero attached hydrogens (tertiary/aromatic N) is 1. The van der Waals surface area contributed by atoms with Gasteiger partial charge in [0.15, 0.2) is 0 Å². The van der Waals surface area contributed by atoms with Crippen LogP contribution >= 0.6 is 0 Å². The van der Waals surface area contributed by atoms with E-state index < -0.39 is 0 Å². The molecule has 0 aromatic heterocycles. The maximum absolute atomic E-state index is 11.0. The molecule has 1 saturated heterocycles. The summed E-state index contributed by atoms with van der Waals surface area (Å²) in [5.74, 6) is 0.745. The van der Waals surface area contributed by atoms with Crippen molar-refractivity contribution in [3.63, 3.8) is 0 Å². The molecule has 13 heavy (non-hydrogen) atoms. The smallest absolute Gasteiger partial charge is 0.315 e. The Morgan fingerprint density at radius 3 is 2.31 bits per heavy atom. The Morgan fingerprint density at radius 2 is 1.85 bits per heavy atom. The minimum absolute atomic E-state index is 0.221. The van der Waals surface area contributed by atoms with Gasteiger partial charge in [0.2, 0.25) is 0 Å². The van der Waals surface area contributed by atoms with E-state index in [0.717, 1.165) is 12.5 Å². The highest BCUT2D eigenvalue weighted by Crippen LogP contribution is 2.34. The highest BCUT2D eigenvalue weighted by molar-refractivity contribution is 5.73. The quantitative estimate of drug-likeness (QED) is 0.659. The molecule has 0 bridgehead atoms. The maximum atomic E-state index is 11.0. The predicted octanol–water partition coefficient (Wildman–Crippen LogP) is 1.72. The molecule has 0 aromatic carbocycles. The zero-order valence-corrected chi connectivity index (χ0v) is 8.04. The molecule has 2 aliphatic rings. The van der Waals surface area contributed by atoms with E-state index in [1.54, 1.807) is 0 Å². The zero-order chi connectivity index (χ0) is 9.26. The average molecular weight is 182 g/mol. The van der Waals surface area contributed by atoms with Crippen molar-refractivity contribution >= 4 is 6.03 Å². The lowest BCUT2D eigenvalue weighted by molar-refractivity contribution is 0.0654. The summed E-state index contributed by atoms with van der Waals surface area (Å²) in [4.78, 5) is 12.8. The van der Waals surface area contributed by atoms with Crippen LogP contribution in [-0.4, -0.2) is 23.5 Å². The Bertz CT molecular complexity index is 199. The van der Waals surface area contributed by atoms with Crippen LogP contribution in [0.1, 0.15) is 38.5 Å². The van der Waals surface area contributed by atoms with Crippen LogP contribution in [0.5, 0.6) is 0 Å². The summed E-state index contributed by atoms with van der Waals surface area (Å²) in [6, 6.07) is 0.264. The molecule has 0 spiro atoms. The van der Waals surface area contributed by atoms with E-state index in [1.807, 2.05) is 4.90 Å². The van der Waals surface area contributed by atoms with E-state index >= 15 is 0 Å². The highest BCUT2D eigenvalue weighted by Gasteiger charge is 2.36. The van der Waals surface area contributed by atoms with E-state index in [0.29, 0.717) is 6.04 Å². The van der Waals surface area contributed by atoms with Crippen molar-refractivity contribution in [1.82, 2.24) is 4.90 Å². The van der Waals surface area contributed by atoms with Crippen LogP contribution in [0, 0.1) is 5.92 Å². The first-order valence-corrected chi connectivity index (χ1v) is 5.35. The van der Waals surface area contributed by atoms with Crippen molar-refractivity contribution in [2.24, 2.45) is 11.7 Å². The first-order chi connectivity index (χ1) is 6.29. The fraction of sp³-hybridized carbons (Fsp3) is 0.900. The Kier molecular flexibility index (Phi) is 2.42. The van der Waals surface area contributed by atoms with Gasteiger partial charge < -0.3 is 10.6 Å². The highest BCUT2D eigenvalue weighted by atomic mass is 16.2. The minimum Gasteiger partial charge on any atom is -0.351 e. The van der Waals surface area contributed by atoms with Gasteiger partial charge in [0, 0.05) is 12.6 Å². The third kappa shape index (κ3) is 1.64. The summed E-state index contributed by atoms with van der Waals surface area (Å²) in [7, 11) is 0. The molecule has 1 saturated carbocycles. The molecule has 2 N–H and O–H groups in total. The van der Waals surface area contributed by atoms with Crippen LogP contribution in [-0.2, 0) is 0 Å². The standard InChI is InChI=1S/C10H18N2O/c11-10(13)12-7-6-9(12)8-4-2-1-3-5-8/h8-9H,1-7H2,(H2,11,13). The van der Waals surface area contributed by atoms with E-state index in [2.05, 4.69) is 0 Å². The Balaban J connectivity index is 1.89. The molecule has 74 valence electrons. The van der Waals surface area contributed by atoms with E-state index in [-0.39, 0.29) is 6.03 Å². The lowest BCUT2D eigenvalue weighted by atomic mass is 9.79. The van der Waals surface area contributed by atoms with Gasteiger partial charge in [-0.1, -0.05) is 19.3 Å². The van der Waals surface area contributed by atoms with Crippen LogP contribution in [0.4, 0.5) is 4.79 Å². The van der Waals surface area contributed by atoms with E-state index in [4.69, 9.17) is 5.73 Å². The molecule has 0 radical (unpaired) electrons. The van der Waals surface area contributed by atoms with Crippen molar-refractivity contribution in [3.8, 4) is 0 Å². The molecule has 3 heteroatoms. The van der Waals surface area contributed by atoms with E-state index in [1.165, 1.54) is 38.5 Å². The molecule has 1 heterocycles. The summed E-state index contributed by atoms with van der Waals surface area (Å²) in [6.07, 6.45) is 7.83. The van der Waals surface area contributed by atoms with E-state index in [9.17, 15) is 4.79 Å². The van der Waals surface area contributed by atoms with Gasteiger partial charge in [-0.05, 0) is 25.2 Å². The van der Waals surface area contributed by atoms with Gasteiger partial charge in [-0.3, -0.25) is 0 Å². The summed E-state index contributed by atoms with van der Waals surface area (Å²) in [5.41, 5.74) is 5.28. The first-order valence-electron chi connectivity index (χ1n) is 5.35. The minimum atomic E-state index is -0.221. The van der Waals surface area contributed by atoms with Gasteiger partial charge in [0.25, 0.3) is 0 Å². The number of nitrogens with two attached hydrogens (primary N) is 1. The third-order valence-corrected chi connectivity index (χ3v) is 3.54. The summed E-state index contributed by atoms with van der Waals surface area (Å²) in [6.45, 7) is 0.885. The van der Waals surface area contributed by atoms with Gasteiger partial charge in [-0.2, -0.15) is 0 Å². The molecular formula is C10H18N2O. The number of likely N-dealkylation sites (tertiary alicyclic amines) is 1. The molecule has 1 aliphatic heterocycles. The molecule has 1 unspecified atom stereocenters. The predicted molar refractivity (Wildman–Crippen MR) is 51.3 cm³/mol. The second-order valence-electron chi connectivity index (χ2n) is 4.29. The third-order valence-electron chi connectivity index (χ3n) is 3.54. The van der Waals surface area contributed by atoms with Gasteiger partial charge in [-0.25, -0.2) is 4.79 Å². The second-order valence-corrected chi connectivity index (χ2v) is 4.29. The summed E-state index contributed by atoms with van der Waals surface area (Å²) >= 11 is 0. The van der Waals surface area contributed by atoms with Crippen LogP contribution in [0.3, 0.4) is 0 Å². The number of primary amides is 1. The number of hydrogen-bond acceptors (Lipinski definition) is 1. The average Bonchev–Trinajstić information content (AvgIpc) is 2.02. The van der Waals surface area contributed by atoms with Crippen molar-refractivity contribution in [2.75, 3.05) is 6.54 Å². The molecule has 2 rings (SSSR count). The second kappa shape index (κ2) is 3.56. The number of carbonyl (C=O) groups is 1. The first kappa shape index (κ1) is 8.85. The number of urea groups is 1. The monoisotopic (exact) mass is 182 g/mol. The van der Waals surface area contributed by atoms with Gasteiger partial charge in [0.05, 0.1) is 0 Å². The summed E-state index contributed by atoms with van der Waals surface area (Å²) < 4.78 is 0. The van der Waals surface area contributed by atoms with Crippen molar-refractivity contribution < 1.29 is 4.79 Å². The molecule has 1 aliphatic carbocycles.